The smallest absolute Gasteiger partial charge is 0.264 e. The second-order valence-corrected chi connectivity index (χ2v) is 8.66. The molecule has 0 saturated carbocycles. The lowest BCUT2D eigenvalue weighted by Gasteiger charge is -2.18. The van der Waals surface area contributed by atoms with Gasteiger partial charge in [-0.3, -0.25) is 14.5 Å². The predicted octanol–water partition coefficient (Wildman–Crippen LogP) is 2.72. The van der Waals surface area contributed by atoms with Gasteiger partial charge in [0.2, 0.25) is 0 Å². The van der Waals surface area contributed by atoms with Gasteiger partial charge in [-0.15, -0.1) is 0 Å². The molecule has 1 aliphatic heterocycles. The molecular weight excluding hydrogens is 378 g/mol. The lowest BCUT2D eigenvalue weighted by Crippen LogP contribution is -2.26. The highest BCUT2D eigenvalue weighted by Gasteiger charge is 2.22. The average Bonchev–Trinajstić information content (AvgIpc) is 3.22. The number of hydrogen-bond acceptors (Lipinski definition) is 5. The molecule has 1 heterocycles. The minimum absolute atomic E-state index is 0.00477. The van der Waals surface area contributed by atoms with Crippen LogP contribution >= 0.6 is 0 Å². The van der Waals surface area contributed by atoms with Crippen molar-refractivity contribution in [3.05, 3.63) is 59.7 Å². The third kappa shape index (κ3) is 4.59. The van der Waals surface area contributed by atoms with Crippen molar-refractivity contribution in [1.29, 1.82) is 0 Å². The van der Waals surface area contributed by atoms with Crippen LogP contribution in [0.4, 0.5) is 5.69 Å². The molecule has 28 heavy (non-hydrogen) atoms. The summed E-state index contributed by atoms with van der Waals surface area (Å²) in [6.07, 6.45) is 2.40. The molecule has 0 spiro atoms. The van der Waals surface area contributed by atoms with Crippen LogP contribution in [0.3, 0.4) is 0 Å². The van der Waals surface area contributed by atoms with E-state index in [4.69, 9.17) is 4.84 Å². The van der Waals surface area contributed by atoms with Crippen LogP contribution in [0.1, 0.15) is 28.8 Å². The molecule has 150 valence electrons. The molecule has 7 nitrogen and oxygen atoms in total. The van der Waals surface area contributed by atoms with Crippen LogP contribution < -0.4 is 5.32 Å². The van der Waals surface area contributed by atoms with E-state index >= 15 is 0 Å². The molecule has 0 radical (unpaired) electrons. The molecule has 0 aliphatic carbocycles. The average molecular weight is 404 g/mol. The molecule has 0 unspecified atom stereocenters. The number of hydrogen-bond donors (Lipinski definition) is 1. The summed E-state index contributed by atoms with van der Waals surface area (Å²) < 4.78 is 25.6. The number of amides is 1. The van der Waals surface area contributed by atoms with Gasteiger partial charge in [-0.05, 0) is 55.8 Å². The summed E-state index contributed by atoms with van der Waals surface area (Å²) in [6.45, 7) is 2.91. The highest BCUT2D eigenvalue weighted by Crippen LogP contribution is 2.22. The van der Waals surface area contributed by atoms with Gasteiger partial charge in [0.05, 0.1) is 12.0 Å². The third-order valence-corrected chi connectivity index (χ3v) is 6.52. The minimum atomic E-state index is -3.82. The summed E-state index contributed by atoms with van der Waals surface area (Å²) in [7, 11) is -1.25. The van der Waals surface area contributed by atoms with Gasteiger partial charge in [-0.2, -0.15) is 0 Å². The molecule has 1 amide bonds. The van der Waals surface area contributed by atoms with E-state index in [-0.39, 0.29) is 16.4 Å². The summed E-state index contributed by atoms with van der Waals surface area (Å²) >= 11 is 0. The van der Waals surface area contributed by atoms with E-state index in [0.717, 1.165) is 35.4 Å². The summed E-state index contributed by atoms with van der Waals surface area (Å²) in [5, 5.41) is 2.92. The Morgan fingerprint density at radius 2 is 1.86 bits per heavy atom. The number of hydroxylamine groups is 1. The number of benzene rings is 2. The number of nitrogens with zero attached hydrogens (tertiary/aromatic N) is 2. The van der Waals surface area contributed by atoms with Crippen LogP contribution in [-0.4, -0.2) is 50.9 Å². The summed E-state index contributed by atoms with van der Waals surface area (Å²) in [5.74, 6) is -0.356. The van der Waals surface area contributed by atoms with Crippen molar-refractivity contribution < 1.29 is 18.0 Å². The molecule has 3 rings (SSSR count). The van der Waals surface area contributed by atoms with Crippen molar-refractivity contribution in [2.75, 3.05) is 32.6 Å². The summed E-state index contributed by atoms with van der Waals surface area (Å²) in [4.78, 5) is 19.9. The number of carbonyl (C=O) groups excluding carboxylic acids is 1. The van der Waals surface area contributed by atoms with E-state index in [1.807, 2.05) is 24.3 Å². The highest BCUT2D eigenvalue weighted by molar-refractivity contribution is 7.89. The number of rotatable bonds is 7. The second-order valence-electron chi connectivity index (χ2n) is 6.72. The molecule has 0 aromatic heterocycles. The Labute approximate surface area is 165 Å². The molecule has 1 fully saturated rings. The molecule has 0 bridgehead atoms. The number of sulfonamides is 1. The van der Waals surface area contributed by atoms with Crippen molar-refractivity contribution in [3.63, 3.8) is 0 Å². The summed E-state index contributed by atoms with van der Waals surface area (Å²) in [6, 6.07) is 13.6. The fourth-order valence-electron chi connectivity index (χ4n) is 3.20. The number of carbonyl (C=O) groups is 1. The topological polar surface area (TPSA) is 78.9 Å². The van der Waals surface area contributed by atoms with E-state index in [0.29, 0.717) is 0 Å². The highest BCUT2D eigenvalue weighted by atomic mass is 32.2. The van der Waals surface area contributed by atoms with Crippen LogP contribution in [-0.2, 0) is 21.4 Å². The molecule has 1 aliphatic rings. The monoisotopic (exact) mass is 403 g/mol. The van der Waals surface area contributed by atoms with Crippen molar-refractivity contribution >= 4 is 21.6 Å². The van der Waals surface area contributed by atoms with Gasteiger partial charge in [0.15, 0.2) is 0 Å². The largest absolute Gasteiger partial charge is 0.322 e. The van der Waals surface area contributed by atoms with E-state index in [1.54, 1.807) is 12.1 Å². The first kappa shape index (κ1) is 20.5. The van der Waals surface area contributed by atoms with Crippen LogP contribution in [0.2, 0.25) is 0 Å². The SMILES string of the molecule is CON(C)S(=O)(=O)c1cccc(C(=O)Nc2ccccc2CN2CCCC2)c1. The van der Waals surface area contributed by atoms with Crippen LogP contribution in [0.15, 0.2) is 53.4 Å². The molecule has 2 aromatic rings. The number of anilines is 1. The van der Waals surface area contributed by atoms with Gasteiger partial charge < -0.3 is 5.32 Å². The zero-order valence-electron chi connectivity index (χ0n) is 16.1. The number of para-hydroxylation sites is 1. The molecule has 8 heteroatoms. The van der Waals surface area contributed by atoms with E-state index in [2.05, 4.69) is 10.2 Å². The first-order valence-corrected chi connectivity index (χ1v) is 10.6. The summed E-state index contributed by atoms with van der Waals surface area (Å²) in [5.41, 5.74) is 2.05. The van der Waals surface area contributed by atoms with Crippen LogP contribution in [0.25, 0.3) is 0 Å². The Morgan fingerprint density at radius 1 is 1.14 bits per heavy atom. The van der Waals surface area contributed by atoms with Crippen LogP contribution in [0, 0.1) is 0 Å². The van der Waals surface area contributed by atoms with Crippen molar-refractivity contribution in [3.8, 4) is 0 Å². The zero-order chi connectivity index (χ0) is 20.1. The molecular formula is C20H25N3O4S. The predicted molar refractivity (Wildman–Crippen MR) is 107 cm³/mol. The van der Waals surface area contributed by atoms with Crippen molar-refractivity contribution in [2.45, 2.75) is 24.3 Å². The molecule has 1 N–H and O–H groups in total. The van der Waals surface area contributed by atoms with Gasteiger partial charge in [0, 0.05) is 24.8 Å². The third-order valence-electron chi connectivity index (χ3n) is 4.85. The fraction of sp³-hybridized carbons (Fsp3) is 0.350. The normalized spacial score (nSPS) is 15.1. The Kier molecular flexibility index (Phi) is 6.46. The first-order chi connectivity index (χ1) is 13.4. The van der Waals surface area contributed by atoms with E-state index in [9.17, 15) is 13.2 Å². The Hall–Kier alpha value is -2.26. The van der Waals surface area contributed by atoms with Crippen LogP contribution in [0.5, 0.6) is 0 Å². The van der Waals surface area contributed by atoms with Gasteiger partial charge in [0.25, 0.3) is 15.9 Å². The minimum Gasteiger partial charge on any atom is -0.322 e. The number of nitrogens with one attached hydrogen (secondary N) is 1. The Bertz CT molecular complexity index is 940. The Morgan fingerprint density at radius 3 is 2.57 bits per heavy atom. The zero-order valence-corrected chi connectivity index (χ0v) is 16.9. The lowest BCUT2D eigenvalue weighted by molar-refractivity contribution is -0.0258. The number of likely N-dealkylation sites (tertiary alicyclic amines) is 1. The van der Waals surface area contributed by atoms with Gasteiger partial charge in [-0.1, -0.05) is 28.7 Å². The van der Waals surface area contributed by atoms with E-state index < -0.39 is 10.0 Å². The van der Waals surface area contributed by atoms with E-state index in [1.165, 1.54) is 39.1 Å². The second kappa shape index (κ2) is 8.83. The molecule has 0 atom stereocenters. The van der Waals surface area contributed by atoms with Gasteiger partial charge >= 0.3 is 0 Å². The molecule has 2 aromatic carbocycles. The van der Waals surface area contributed by atoms with Gasteiger partial charge in [-0.25, -0.2) is 8.42 Å². The lowest BCUT2D eigenvalue weighted by atomic mass is 10.1. The standard InChI is InChI=1S/C20H25N3O4S/c1-22(27-2)28(25,26)18-10-7-9-16(14-18)20(24)21-19-11-4-3-8-17(19)15-23-12-5-6-13-23/h3-4,7-11,14H,5-6,12-13,15H2,1-2H3,(H,21,24). The maximum Gasteiger partial charge on any atom is 0.264 e. The maximum atomic E-state index is 12.8. The first-order valence-electron chi connectivity index (χ1n) is 9.16. The Balaban J connectivity index is 1.80. The molecule has 1 saturated heterocycles. The fourth-order valence-corrected chi connectivity index (χ4v) is 4.22. The quantitative estimate of drug-likeness (QED) is 0.719. The maximum absolute atomic E-state index is 12.8. The van der Waals surface area contributed by atoms with Crippen molar-refractivity contribution in [2.24, 2.45) is 0 Å². The van der Waals surface area contributed by atoms with Crippen molar-refractivity contribution in [1.82, 2.24) is 9.37 Å². The van der Waals surface area contributed by atoms with Gasteiger partial charge in [0.1, 0.15) is 0 Å².